The Bertz CT molecular complexity index is 415. The normalized spacial score (nSPS) is 33.5. The maximum Gasteiger partial charge on any atom is 0.115 e. The van der Waals surface area contributed by atoms with Gasteiger partial charge in [0.05, 0.1) is 0 Å². The van der Waals surface area contributed by atoms with E-state index in [9.17, 15) is 5.11 Å². The zero-order valence-corrected chi connectivity index (χ0v) is 9.98. The van der Waals surface area contributed by atoms with Gasteiger partial charge in [-0.05, 0) is 61.5 Å². The predicted octanol–water partition coefficient (Wildman–Crippen LogP) is 2.37. The molecule has 1 aromatic carbocycles. The number of likely N-dealkylation sites (tertiary alicyclic amines) is 1. The Morgan fingerprint density at radius 1 is 1.38 bits per heavy atom. The molecule has 0 radical (unpaired) electrons. The second-order valence-electron chi connectivity index (χ2n) is 5.39. The Morgan fingerprint density at radius 3 is 3.00 bits per heavy atom. The summed E-state index contributed by atoms with van der Waals surface area (Å²) in [7, 11) is 2.24. The molecule has 1 N–H and O–H groups in total. The summed E-state index contributed by atoms with van der Waals surface area (Å²) in [4.78, 5) is 2.50. The summed E-state index contributed by atoms with van der Waals surface area (Å²) in [6.07, 6.45) is 2.37. The van der Waals surface area contributed by atoms with Crippen LogP contribution < -0.4 is 0 Å². The molecule has 2 aliphatic rings. The third-order valence-electron chi connectivity index (χ3n) is 4.56. The molecular formula is C14H19NO. The number of phenols is 1. The molecule has 3 rings (SSSR count). The Hall–Kier alpha value is -1.02. The van der Waals surface area contributed by atoms with Gasteiger partial charge in [-0.3, -0.25) is 0 Å². The summed E-state index contributed by atoms with van der Waals surface area (Å²) in [6.45, 7) is 3.55. The van der Waals surface area contributed by atoms with Crippen molar-refractivity contribution < 1.29 is 5.11 Å². The molecule has 1 aliphatic heterocycles. The molecule has 0 aromatic heterocycles. The van der Waals surface area contributed by atoms with Gasteiger partial charge in [-0.1, -0.05) is 13.0 Å². The van der Waals surface area contributed by atoms with Crippen LogP contribution in [-0.4, -0.2) is 29.6 Å². The van der Waals surface area contributed by atoms with Crippen molar-refractivity contribution in [1.82, 2.24) is 4.90 Å². The highest BCUT2D eigenvalue weighted by Crippen LogP contribution is 2.44. The second-order valence-corrected chi connectivity index (χ2v) is 5.39. The van der Waals surface area contributed by atoms with E-state index in [4.69, 9.17) is 0 Å². The molecule has 0 amide bonds. The maximum atomic E-state index is 9.61. The largest absolute Gasteiger partial charge is 0.508 e. The standard InChI is InChI=1S/C14H19NO/c1-9-12-5-6-15(2)14(9)7-10-3-4-11(16)8-13(10)12/h3-4,8-9,12,14,16H,5-7H2,1-2H3/t9?,12-,14?/m1/s1. The Morgan fingerprint density at radius 2 is 2.19 bits per heavy atom. The average Bonchev–Trinajstić information content (AvgIpc) is 2.25. The van der Waals surface area contributed by atoms with Crippen LogP contribution >= 0.6 is 0 Å². The van der Waals surface area contributed by atoms with Gasteiger partial charge in [-0.25, -0.2) is 0 Å². The molecule has 2 bridgehead atoms. The van der Waals surface area contributed by atoms with Gasteiger partial charge in [-0.2, -0.15) is 0 Å². The van der Waals surface area contributed by atoms with Crippen LogP contribution in [0.4, 0.5) is 0 Å². The van der Waals surface area contributed by atoms with Crippen molar-refractivity contribution in [2.75, 3.05) is 13.6 Å². The first-order valence-electron chi connectivity index (χ1n) is 6.19. The molecule has 0 spiro atoms. The van der Waals surface area contributed by atoms with Gasteiger partial charge in [0.2, 0.25) is 0 Å². The molecule has 16 heavy (non-hydrogen) atoms. The highest BCUT2D eigenvalue weighted by atomic mass is 16.3. The molecule has 1 fully saturated rings. The number of benzene rings is 1. The maximum absolute atomic E-state index is 9.61. The van der Waals surface area contributed by atoms with Crippen molar-refractivity contribution in [2.45, 2.75) is 31.7 Å². The number of fused-ring (bicyclic) bond motifs is 4. The van der Waals surface area contributed by atoms with Gasteiger partial charge in [0.1, 0.15) is 5.75 Å². The van der Waals surface area contributed by atoms with E-state index in [1.165, 1.54) is 24.1 Å². The number of aromatic hydroxyl groups is 1. The highest BCUT2D eigenvalue weighted by Gasteiger charge is 2.39. The van der Waals surface area contributed by atoms with Gasteiger partial charge in [0.25, 0.3) is 0 Å². The summed E-state index contributed by atoms with van der Waals surface area (Å²) < 4.78 is 0. The fourth-order valence-electron chi connectivity index (χ4n) is 3.56. The first kappa shape index (κ1) is 10.2. The van der Waals surface area contributed by atoms with Crippen molar-refractivity contribution in [3.63, 3.8) is 0 Å². The number of piperidine rings is 1. The topological polar surface area (TPSA) is 23.5 Å². The molecule has 2 nitrogen and oxygen atoms in total. The number of hydrogen-bond acceptors (Lipinski definition) is 2. The third kappa shape index (κ3) is 1.36. The minimum absolute atomic E-state index is 0.420. The monoisotopic (exact) mass is 217 g/mol. The zero-order valence-electron chi connectivity index (χ0n) is 9.98. The lowest BCUT2D eigenvalue weighted by molar-refractivity contribution is 0.0991. The molecule has 2 unspecified atom stereocenters. The molecule has 86 valence electrons. The number of phenolic OH excluding ortho intramolecular Hbond substituents is 1. The van der Waals surface area contributed by atoms with E-state index in [1.54, 1.807) is 0 Å². The van der Waals surface area contributed by atoms with Crippen molar-refractivity contribution in [2.24, 2.45) is 5.92 Å². The SMILES string of the molecule is CC1C2Cc3ccc(O)cc3[C@@H]1CCN2C. The van der Waals surface area contributed by atoms with Crippen LogP contribution in [0.25, 0.3) is 0 Å². The summed E-state index contributed by atoms with van der Waals surface area (Å²) >= 11 is 0. The van der Waals surface area contributed by atoms with E-state index in [0.717, 1.165) is 6.42 Å². The molecular weight excluding hydrogens is 198 g/mol. The van der Waals surface area contributed by atoms with E-state index in [0.29, 0.717) is 23.6 Å². The van der Waals surface area contributed by atoms with Crippen LogP contribution in [0.3, 0.4) is 0 Å². The predicted molar refractivity (Wildman–Crippen MR) is 64.8 cm³/mol. The smallest absolute Gasteiger partial charge is 0.115 e. The fourth-order valence-corrected chi connectivity index (χ4v) is 3.56. The van der Waals surface area contributed by atoms with Gasteiger partial charge < -0.3 is 10.0 Å². The molecule has 0 saturated carbocycles. The van der Waals surface area contributed by atoms with Gasteiger partial charge in [-0.15, -0.1) is 0 Å². The minimum Gasteiger partial charge on any atom is -0.508 e. The second kappa shape index (κ2) is 3.49. The lowest BCUT2D eigenvalue weighted by Gasteiger charge is -2.47. The molecule has 1 aliphatic carbocycles. The first-order chi connectivity index (χ1) is 7.66. The van der Waals surface area contributed by atoms with E-state index in [-0.39, 0.29) is 0 Å². The van der Waals surface area contributed by atoms with E-state index < -0.39 is 0 Å². The van der Waals surface area contributed by atoms with Gasteiger partial charge >= 0.3 is 0 Å². The van der Waals surface area contributed by atoms with Crippen LogP contribution in [0, 0.1) is 5.92 Å². The quantitative estimate of drug-likeness (QED) is 0.721. The van der Waals surface area contributed by atoms with Crippen molar-refractivity contribution in [3.8, 4) is 5.75 Å². The number of likely N-dealkylation sites (N-methyl/N-ethyl adjacent to an activating group) is 1. The van der Waals surface area contributed by atoms with Crippen LogP contribution in [-0.2, 0) is 6.42 Å². The van der Waals surface area contributed by atoms with Crippen LogP contribution in [0.15, 0.2) is 18.2 Å². The Balaban J connectivity index is 2.07. The molecule has 2 heteroatoms. The summed E-state index contributed by atoms with van der Waals surface area (Å²) in [5.41, 5.74) is 2.84. The highest BCUT2D eigenvalue weighted by molar-refractivity contribution is 5.41. The van der Waals surface area contributed by atoms with E-state index in [1.807, 2.05) is 12.1 Å². The fraction of sp³-hybridized carbons (Fsp3) is 0.571. The zero-order chi connectivity index (χ0) is 11.3. The van der Waals surface area contributed by atoms with Crippen LogP contribution in [0.5, 0.6) is 5.75 Å². The van der Waals surface area contributed by atoms with Crippen LogP contribution in [0.1, 0.15) is 30.4 Å². The van der Waals surface area contributed by atoms with Gasteiger partial charge in [0, 0.05) is 6.04 Å². The molecule has 3 atom stereocenters. The Labute approximate surface area is 96.9 Å². The number of rotatable bonds is 0. The average molecular weight is 217 g/mol. The summed E-state index contributed by atoms with van der Waals surface area (Å²) in [5, 5.41) is 9.61. The minimum atomic E-state index is 0.420. The van der Waals surface area contributed by atoms with E-state index in [2.05, 4.69) is 24.9 Å². The molecule has 1 saturated heterocycles. The Kier molecular flexibility index (Phi) is 2.21. The van der Waals surface area contributed by atoms with Crippen molar-refractivity contribution in [3.05, 3.63) is 29.3 Å². The first-order valence-corrected chi connectivity index (χ1v) is 6.19. The summed E-state index contributed by atoms with van der Waals surface area (Å²) in [6, 6.07) is 6.61. The van der Waals surface area contributed by atoms with Gasteiger partial charge in [0.15, 0.2) is 0 Å². The lowest BCUT2D eigenvalue weighted by Crippen LogP contribution is -2.49. The molecule has 1 heterocycles. The van der Waals surface area contributed by atoms with Crippen molar-refractivity contribution >= 4 is 0 Å². The lowest BCUT2D eigenvalue weighted by atomic mass is 9.69. The van der Waals surface area contributed by atoms with Crippen LogP contribution in [0.2, 0.25) is 0 Å². The van der Waals surface area contributed by atoms with E-state index >= 15 is 0 Å². The third-order valence-corrected chi connectivity index (χ3v) is 4.56. The number of hydrogen-bond donors (Lipinski definition) is 1. The summed E-state index contributed by atoms with van der Waals surface area (Å²) in [5.74, 6) is 1.79. The van der Waals surface area contributed by atoms with Crippen molar-refractivity contribution in [1.29, 1.82) is 0 Å². The number of nitrogens with zero attached hydrogens (tertiary/aromatic N) is 1. The molecule has 1 aromatic rings.